The van der Waals surface area contributed by atoms with Gasteiger partial charge in [0.15, 0.2) is 0 Å². The lowest BCUT2D eigenvalue weighted by atomic mass is 10.1. The number of nitrogens with zero attached hydrogens (tertiary/aromatic N) is 4. The fraction of sp³-hybridized carbons (Fsp3) is 0.231. The highest BCUT2D eigenvalue weighted by molar-refractivity contribution is 5.83. The summed E-state index contributed by atoms with van der Waals surface area (Å²) in [6.45, 7) is 0.736. The second-order valence-corrected chi connectivity index (χ2v) is 4.25. The molecular formula is C13H14N4O. The van der Waals surface area contributed by atoms with Crippen molar-refractivity contribution in [2.75, 3.05) is 0 Å². The Balaban J connectivity index is 2.06. The molecule has 18 heavy (non-hydrogen) atoms. The zero-order chi connectivity index (χ0) is 12.5. The second-order valence-electron chi connectivity index (χ2n) is 4.25. The van der Waals surface area contributed by atoms with Crippen molar-refractivity contribution in [3.8, 4) is 0 Å². The molecule has 92 valence electrons. The maximum atomic E-state index is 9.31. The molecular weight excluding hydrogens is 228 g/mol. The monoisotopic (exact) mass is 242 g/mol. The minimum Gasteiger partial charge on any atom is -0.392 e. The number of fused-ring (bicyclic) bond motifs is 1. The fourth-order valence-corrected chi connectivity index (χ4v) is 2.18. The summed E-state index contributed by atoms with van der Waals surface area (Å²) >= 11 is 0. The van der Waals surface area contributed by atoms with Crippen molar-refractivity contribution in [2.24, 2.45) is 7.05 Å². The Kier molecular flexibility index (Phi) is 2.60. The summed E-state index contributed by atoms with van der Waals surface area (Å²) in [7, 11) is 1.88. The Morgan fingerprint density at radius 1 is 1.28 bits per heavy atom. The average molecular weight is 242 g/mol. The molecule has 0 saturated heterocycles. The molecule has 1 N–H and O–H groups in total. The lowest BCUT2D eigenvalue weighted by Gasteiger charge is -2.05. The topological polar surface area (TPSA) is 55.9 Å². The first kappa shape index (κ1) is 11.0. The highest BCUT2D eigenvalue weighted by Crippen LogP contribution is 2.20. The Hall–Kier alpha value is -2.14. The molecule has 0 unspecified atom stereocenters. The first-order valence-electron chi connectivity index (χ1n) is 5.80. The van der Waals surface area contributed by atoms with Gasteiger partial charge in [0.1, 0.15) is 12.2 Å². The van der Waals surface area contributed by atoms with Crippen LogP contribution in [0.3, 0.4) is 0 Å². The van der Waals surface area contributed by atoms with E-state index in [2.05, 4.69) is 14.6 Å². The summed E-state index contributed by atoms with van der Waals surface area (Å²) < 4.78 is 3.88. The summed E-state index contributed by atoms with van der Waals surface area (Å²) in [6.07, 6.45) is 3.57. The van der Waals surface area contributed by atoms with E-state index in [1.54, 1.807) is 11.0 Å². The van der Waals surface area contributed by atoms with E-state index in [1.807, 2.05) is 37.5 Å². The zero-order valence-electron chi connectivity index (χ0n) is 10.1. The second kappa shape index (κ2) is 4.27. The molecule has 5 nitrogen and oxygen atoms in total. The van der Waals surface area contributed by atoms with Crippen LogP contribution >= 0.6 is 0 Å². The van der Waals surface area contributed by atoms with Crippen molar-refractivity contribution in [2.45, 2.75) is 13.2 Å². The molecule has 0 amide bonds. The summed E-state index contributed by atoms with van der Waals surface area (Å²) in [6, 6.07) is 7.97. The van der Waals surface area contributed by atoms with Crippen LogP contribution < -0.4 is 0 Å². The minimum atomic E-state index is 0.0608. The van der Waals surface area contributed by atoms with E-state index < -0.39 is 0 Å². The highest BCUT2D eigenvalue weighted by atomic mass is 16.3. The normalized spacial score (nSPS) is 11.2. The number of aryl methyl sites for hydroxylation is 1. The van der Waals surface area contributed by atoms with E-state index in [0.29, 0.717) is 6.54 Å². The molecule has 2 heterocycles. The van der Waals surface area contributed by atoms with Crippen molar-refractivity contribution in [1.82, 2.24) is 19.3 Å². The largest absolute Gasteiger partial charge is 0.392 e. The van der Waals surface area contributed by atoms with Crippen LogP contribution in [0.4, 0.5) is 0 Å². The molecule has 0 aliphatic heterocycles. The van der Waals surface area contributed by atoms with Gasteiger partial charge >= 0.3 is 0 Å². The molecule has 3 rings (SSSR count). The first-order valence-corrected chi connectivity index (χ1v) is 5.80. The Morgan fingerprint density at radius 3 is 2.89 bits per heavy atom. The summed E-state index contributed by atoms with van der Waals surface area (Å²) in [5.41, 5.74) is 2.05. The van der Waals surface area contributed by atoms with Crippen LogP contribution in [-0.2, 0) is 20.2 Å². The smallest absolute Gasteiger partial charge is 0.146 e. The first-order chi connectivity index (χ1) is 8.79. The van der Waals surface area contributed by atoms with Crippen molar-refractivity contribution >= 4 is 10.9 Å². The van der Waals surface area contributed by atoms with E-state index in [4.69, 9.17) is 0 Å². The number of aliphatic hydroxyl groups excluding tert-OH is 1. The third kappa shape index (κ3) is 1.69. The molecule has 0 saturated carbocycles. The van der Waals surface area contributed by atoms with Crippen molar-refractivity contribution in [3.63, 3.8) is 0 Å². The molecule has 0 aliphatic carbocycles. The van der Waals surface area contributed by atoms with Gasteiger partial charge < -0.3 is 9.67 Å². The number of hydrogen-bond acceptors (Lipinski definition) is 3. The summed E-state index contributed by atoms with van der Waals surface area (Å²) in [4.78, 5) is 4.22. The molecule has 2 aromatic heterocycles. The van der Waals surface area contributed by atoms with Gasteiger partial charge in [-0.1, -0.05) is 12.1 Å². The van der Waals surface area contributed by atoms with Crippen LogP contribution in [-0.4, -0.2) is 24.4 Å². The van der Waals surface area contributed by atoms with Gasteiger partial charge in [0.25, 0.3) is 0 Å². The Bertz CT molecular complexity index is 683. The van der Waals surface area contributed by atoms with E-state index >= 15 is 0 Å². The van der Waals surface area contributed by atoms with Gasteiger partial charge in [-0.15, -0.1) is 0 Å². The van der Waals surface area contributed by atoms with Crippen molar-refractivity contribution in [3.05, 3.63) is 48.2 Å². The molecule has 5 heteroatoms. The maximum absolute atomic E-state index is 9.31. The zero-order valence-corrected chi connectivity index (χ0v) is 10.1. The average Bonchev–Trinajstić information content (AvgIpc) is 2.97. The van der Waals surface area contributed by atoms with E-state index in [1.165, 1.54) is 0 Å². The Morgan fingerprint density at radius 2 is 2.17 bits per heavy atom. The van der Waals surface area contributed by atoms with Crippen LogP contribution in [0.15, 0.2) is 36.8 Å². The molecule has 0 fully saturated rings. The van der Waals surface area contributed by atoms with Crippen LogP contribution in [0, 0.1) is 0 Å². The van der Waals surface area contributed by atoms with Gasteiger partial charge in [0, 0.05) is 24.1 Å². The number of rotatable bonds is 3. The van der Waals surface area contributed by atoms with Crippen molar-refractivity contribution in [1.29, 1.82) is 0 Å². The third-order valence-electron chi connectivity index (χ3n) is 3.19. The third-order valence-corrected chi connectivity index (χ3v) is 3.19. The fourth-order valence-electron chi connectivity index (χ4n) is 2.18. The van der Waals surface area contributed by atoms with Gasteiger partial charge in [-0.3, -0.25) is 4.68 Å². The van der Waals surface area contributed by atoms with Gasteiger partial charge in [0.2, 0.25) is 0 Å². The van der Waals surface area contributed by atoms with Gasteiger partial charge in [-0.2, -0.15) is 5.10 Å². The number of aromatic nitrogens is 4. The molecule has 0 aliphatic rings. The lowest BCUT2D eigenvalue weighted by Crippen LogP contribution is -2.05. The summed E-state index contributed by atoms with van der Waals surface area (Å²) in [5.74, 6) is 0.905. The number of benzene rings is 1. The standard InChI is InChI=1S/C13H14N4O/c1-16-13(14-9-15-16)7-17-6-5-11-10(8-18)3-2-4-12(11)17/h2-6,9,18H,7-8H2,1H3. The predicted octanol–water partition coefficient (Wildman–Crippen LogP) is 1.31. The van der Waals surface area contributed by atoms with Crippen LogP contribution in [0.5, 0.6) is 0 Å². The van der Waals surface area contributed by atoms with Crippen LogP contribution in [0.2, 0.25) is 0 Å². The molecule has 0 bridgehead atoms. The number of aliphatic hydroxyl groups is 1. The van der Waals surface area contributed by atoms with Crippen LogP contribution in [0.1, 0.15) is 11.4 Å². The predicted molar refractivity (Wildman–Crippen MR) is 68.0 cm³/mol. The van der Waals surface area contributed by atoms with Gasteiger partial charge in [-0.05, 0) is 17.7 Å². The van der Waals surface area contributed by atoms with E-state index in [-0.39, 0.29) is 6.61 Å². The van der Waals surface area contributed by atoms with Gasteiger partial charge in [0.05, 0.1) is 13.2 Å². The quantitative estimate of drug-likeness (QED) is 0.753. The minimum absolute atomic E-state index is 0.0608. The molecule has 0 atom stereocenters. The lowest BCUT2D eigenvalue weighted by molar-refractivity contribution is 0.283. The summed E-state index contributed by atoms with van der Waals surface area (Å²) in [5, 5.41) is 14.5. The number of hydrogen-bond donors (Lipinski definition) is 1. The van der Waals surface area contributed by atoms with Crippen molar-refractivity contribution < 1.29 is 5.11 Å². The molecule has 0 spiro atoms. The molecule has 1 aromatic carbocycles. The van der Waals surface area contributed by atoms with E-state index in [9.17, 15) is 5.11 Å². The maximum Gasteiger partial charge on any atom is 0.146 e. The Labute approximate surface area is 104 Å². The van der Waals surface area contributed by atoms with E-state index in [0.717, 1.165) is 22.3 Å². The molecule has 0 radical (unpaired) electrons. The van der Waals surface area contributed by atoms with Crippen LogP contribution in [0.25, 0.3) is 10.9 Å². The SMILES string of the molecule is Cn1ncnc1Cn1ccc2c(CO)cccc21. The van der Waals surface area contributed by atoms with Gasteiger partial charge in [-0.25, -0.2) is 4.98 Å². The highest BCUT2D eigenvalue weighted by Gasteiger charge is 2.07. The molecule has 3 aromatic rings.